The Morgan fingerprint density at radius 2 is 1.81 bits per heavy atom. The van der Waals surface area contributed by atoms with Crippen molar-refractivity contribution in [2.45, 2.75) is 13.5 Å². The molecule has 0 saturated carbocycles. The van der Waals surface area contributed by atoms with Gasteiger partial charge < -0.3 is 10.1 Å². The lowest BCUT2D eigenvalue weighted by molar-refractivity contribution is 0.412. The molecule has 0 unspecified atom stereocenters. The summed E-state index contributed by atoms with van der Waals surface area (Å²) in [6.07, 6.45) is 1.71. The van der Waals surface area contributed by atoms with E-state index in [0.29, 0.717) is 24.1 Å². The van der Waals surface area contributed by atoms with E-state index in [9.17, 15) is 0 Å². The maximum Gasteiger partial charge on any atom is 0.236 e. The molecular weight excluding hydrogens is 324 g/mol. The largest absolute Gasteiger partial charge is 0.491 e. The quantitative estimate of drug-likeness (QED) is 0.585. The predicted molar refractivity (Wildman–Crippen MR) is 104 cm³/mol. The number of fused-ring (bicyclic) bond motifs is 1. The van der Waals surface area contributed by atoms with E-state index in [1.807, 2.05) is 30.3 Å². The number of aryl methyl sites for hydroxylation is 1. The average Bonchev–Trinajstić information content (AvgIpc) is 3.02. The lowest BCUT2D eigenvalue weighted by Crippen LogP contribution is -2.08. The first-order valence-electron chi connectivity index (χ1n) is 8.52. The minimum absolute atomic E-state index is 0.624. The number of aromatic nitrogens is 3. The molecule has 130 valence electrons. The van der Waals surface area contributed by atoms with Crippen LogP contribution in [-0.2, 0) is 6.54 Å². The van der Waals surface area contributed by atoms with E-state index in [1.54, 1.807) is 13.3 Å². The lowest BCUT2D eigenvalue weighted by atomic mass is 10.2. The van der Waals surface area contributed by atoms with Crippen LogP contribution in [0.3, 0.4) is 0 Å². The van der Waals surface area contributed by atoms with Gasteiger partial charge in [0.25, 0.3) is 0 Å². The first-order valence-corrected chi connectivity index (χ1v) is 8.52. The Kier molecular flexibility index (Phi) is 4.27. The molecule has 0 aliphatic heterocycles. The van der Waals surface area contributed by atoms with Crippen LogP contribution in [0.15, 0.2) is 66.9 Å². The molecule has 0 atom stereocenters. The molecule has 1 N–H and O–H groups in total. The fraction of sp³-hybridized carbons (Fsp3) is 0.143. The van der Waals surface area contributed by atoms with Gasteiger partial charge in [-0.1, -0.05) is 48.5 Å². The number of hydrogen-bond donors (Lipinski definition) is 1. The fourth-order valence-corrected chi connectivity index (χ4v) is 3.09. The van der Waals surface area contributed by atoms with Gasteiger partial charge in [0.2, 0.25) is 5.95 Å². The van der Waals surface area contributed by atoms with E-state index in [-0.39, 0.29) is 0 Å². The Hall–Kier alpha value is -3.34. The van der Waals surface area contributed by atoms with E-state index < -0.39 is 0 Å². The number of nitrogens with zero attached hydrogens (tertiary/aromatic N) is 3. The minimum Gasteiger partial charge on any atom is -0.491 e. The molecule has 0 aliphatic carbocycles. The maximum atomic E-state index is 5.43. The molecule has 0 saturated heterocycles. The zero-order valence-corrected chi connectivity index (χ0v) is 14.8. The summed E-state index contributed by atoms with van der Waals surface area (Å²) in [5, 5.41) is 4.53. The highest BCUT2D eigenvalue weighted by atomic mass is 16.5. The van der Waals surface area contributed by atoms with Crippen LogP contribution >= 0.6 is 0 Å². The van der Waals surface area contributed by atoms with Crippen molar-refractivity contribution in [3.05, 3.63) is 78.1 Å². The maximum absolute atomic E-state index is 5.43. The third-order valence-corrected chi connectivity index (χ3v) is 4.36. The third kappa shape index (κ3) is 2.99. The summed E-state index contributed by atoms with van der Waals surface area (Å²) in [5.41, 5.74) is 3.35. The van der Waals surface area contributed by atoms with Gasteiger partial charge in [-0.25, -0.2) is 4.98 Å². The highest BCUT2D eigenvalue weighted by molar-refractivity contribution is 5.82. The number of hydrogen-bond acceptors (Lipinski definition) is 4. The highest BCUT2D eigenvalue weighted by Gasteiger charge is 2.13. The predicted octanol–water partition coefficient (Wildman–Crippen LogP) is 4.35. The molecule has 5 nitrogen and oxygen atoms in total. The summed E-state index contributed by atoms with van der Waals surface area (Å²) in [6.45, 7) is 2.73. The number of benzene rings is 2. The van der Waals surface area contributed by atoms with Gasteiger partial charge in [0.1, 0.15) is 0 Å². The molecule has 4 aromatic rings. The summed E-state index contributed by atoms with van der Waals surface area (Å²) in [7, 11) is 1.63. The standard InChI is InChI=1S/C21H20N4O/c1-15-12-17-10-6-7-11-18(17)25(15)21-23-14-19(26-2)20(24-21)22-13-16-8-4-3-5-9-16/h3-12,14H,13H2,1-2H3,(H,22,23,24). The second kappa shape index (κ2) is 6.88. The van der Waals surface area contributed by atoms with Crippen LogP contribution in [0.1, 0.15) is 11.3 Å². The van der Waals surface area contributed by atoms with Gasteiger partial charge in [-0.05, 0) is 24.6 Å². The van der Waals surface area contributed by atoms with E-state index in [4.69, 9.17) is 9.72 Å². The molecule has 0 spiro atoms. The first-order chi connectivity index (χ1) is 12.8. The molecule has 26 heavy (non-hydrogen) atoms. The van der Waals surface area contributed by atoms with Gasteiger partial charge in [-0.2, -0.15) is 4.98 Å². The molecule has 0 amide bonds. The van der Waals surface area contributed by atoms with Crippen molar-refractivity contribution >= 4 is 16.7 Å². The topological polar surface area (TPSA) is 52.0 Å². The van der Waals surface area contributed by atoms with Gasteiger partial charge in [0, 0.05) is 17.6 Å². The van der Waals surface area contributed by atoms with Crippen molar-refractivity contribution in [1.29, 1.82) is 0 Å². The van der Waals surface area contributed by atoms with Gasteiger partial charge in [0.15, 0.2) is 11.6 Å². The Morgan fingerprint density at radius 3 is 2.62 bits per heavy atom. The van der Waals surface area contributed by atoms with Gasteiger partial charge in [-0.3, -0.25) is 4.57 Å². The molecule has 2 heterocycles. The van der Waals surface area contributed by atoms with Gasteiger partial charge in [-0.15, -0.1) is 0 Å². The van der Waals surface area contributed by atoms with Crippen molar-refractivity contribution in [1.82, 2.24) is 14.5 Å². The van der Waals surface area contributed by atoms with Gasteiger partial charge in [0.05, 0.1) is 18.8 Å². The van der Waals surface area contributed by atoms with Crippen LogP contribution in [0.25, 0.3) is 16.9 Å². The van der Waals surface area contributed by atoms with Crippen LogP contribution in [0.2, 0.25) is 0 Å². The highest BCUT2D eigenvalue weighted by Crippen LogP contribution is 2.26. The van der Waals surface area contributed by atoms with Crippen molar-refractivity contribution in [3.8, 4) is 11.7 Å². The molecule has 4 rings (SSSR count). The second-order valence-electron chi connectivity index (χ2n) is 6.11. The van der Waals surface area contributed by atoms with E-state index in [1.165, 1.54) is 10.9 Å². The van der Waals surface area contributed by atoms with Gasteiger partial charge >= 0.3 is 0 Å². The molecular formula is C21H20N4O. The summed E-state index contributed by atoms with van der Waals surface area (Å²) in [6, 6.07) is 20.6. The summed E-state index contributed by atoms with van der Waals surface area (Å²) >= 11 is 0. The van der Waals surface area contributed by atoms with Crippen molar-refractivity contribution in [3.63, 3.8) is 0 Å². The Balaban J connectivity index is 1.72. The molecule has 0 fully saturated rings. The monoisotopic (exact) mass is 344 g/mol. The van der Waals surface area contributed by atoms with Crippen LogP contribution < -0.4 is 10.1 Å². The zero-order chi connectivity index (χ0) is 17.9. The van der Waals surface area contributed by atoms with Crippen molar-refractivity contribution in [2.24, 2.45) is 0 Å². The number of anilines is 1. The summed E-state index contributed by atoms with van der Waals surface area (Å²) < 4.78 is 7.49. The Bertz CT molecular complexity index is 1040. The van der Waals surface area contributed by atoms with Crippen LogP contribution in [0.5, 0.6) is 5.75 Å². The van der Waals surface area contributed by atoms with Crippen molar-refractivity contribution in [2.75, 3.05) is 12.4 Å². The molecule has 0 radical (unpaired) electrons. The minimum atomic E-state index is 0.624. The number of rotatable bonds is 5. The van der Waals surface area contributed by atoms with E-state index in [0.717, 1.165) is 11.2 Å². The number of ether oxygens (including phenoxy) is 1. The smallest absolute Gasteiger partial charge is 0.236 e. The average molecular weight is 344 g/mol. The Morgan fingerprint density at radius 1 is 1.04 bits per heavy atom. The number of para-hydroxylation sites is 1. The summed E-state index contributed by atoms with van der Waals surface area (Å²) in [4.78, 5) is 9.23. The lowest BCUT2D eigenvalue weighted by Gasteiger charge is -2.13. The number of nitrogens with one attached hydrogen (secondary N) is 1. The zero-order valence-electron chi connectivity index (χ0n) is 14.8. The van der Waals surface area contributed by atoms with Crippen LogP contribution in [-0.4, -0.2) is 21.6 Å². The molecule has 2 aromatic carbocycles. The number of methoxy groups -OCH3 is 1. The molecule has 0 bridgehead atoms. The van der Waals surface area contributed by atoms with E-state index in [2.05, 4.69) is 52.1 Å². The second-order valence-corrected chi connectivity index (χ2v) is 6.11. The van der Waals surface area contributed by atoms with E-state index >= 15 is 0 Å². The van der Waals surface area contributed by atoms with Crippen LogP contribution in [0, 0.1) is 6.92 Å². The SMILES string of the molecule is COc1cnc(-n2c(C)cc3ccccc32)nc1NCc1ccccc1. The molecule has 0 aliphatic rings. The summed E-state index contributed by atoms with van der Waals surface area (Å²) in [5.74, 6) is 1.93. The Labute approximate surface area is 152 Å². The van der Waals surface area contributed by atoms with Crippen LogP contribution in [0.4, 0.5) is 5.82 Å². The molecule has 2 aromatic heterocycles. The van der Waals surface area contributed by atoms with Crippen molar-refractivity contribution < 1.29 is 4.74 Å². The third-order valence-electron chi connectivity index (χ3n) is 4.36. The molecule has 5 heteroatoms. The first kappa shape index (κ1) is 16.1. The normalized spacial score (nSPS) is 10.8. The fourth-order valence-electron chi connectivity index (χ4n) is 3.09.